The Bertz CT molecular complexity index is 967. The van der Waals surface area contributed by atoms with Crippen molar-refractivity contribution in [1.82, 2.24) is 10.1 Å². The van der Waals surface area contributed by atoms with Gasteiger partial charge in [-0.15, -0.1) is 10.1 Å². The third-order valence-corrected chi connectivity index (χ3v) is 8.11. The second-order valence-electron chi connectivity index (χ2n) is 6.23. The van der Waals surface area contributed by atoms with Crippen LogP contribution in [0, 0.1) is 0 Å². The van der Waals surface area contributed by atoms with E-state index in [4.69, 9.17) is 4.84 Å². The maximum Gasteiger partial charge on any atom is 1.00 e. The molecule has 0 spiro atoms. The first-order chi connectivity index (χ1) is 16.0. The molecule has 2 aliphatic heterocycles. The van der Waals surface area contributed by atoms with Crippen LogP contribution in [0.3, 0.4) is 0 Å². The van der Waals surface area contributed by atoms with Gasteiger partial charge in [0.05, 0.1) is 25.7 Å². The first kappa shape index (κ1) is 36.1. The summed E-state index contributed by atoms with van der Waals surface area (Å²) in [4.78, 5) is 79.7. The Morgan fingerprint density at radius 1 is 0.889 bits per heavy atom. The van der Waals surface area contributed by atoms with Gasteiger partial charge in [0.2, 0.25) is 0 Å². The third kappa shape index (κ3) is 10.7. The second kappa shape index (κ2) is 16.9. The molecule has 0 aromatic heterocycles. The normalized spacial score (nSPS) is 19.7. The molecule has 0 bridgehead atoms. The van der Waals surface area contributed by atoms with Crippen molar-refractivity contribution >= 4 is 79.3 Å². The maximum absolute atomic E-state index is 11.9. The number of hydrogen-bond acceptors (Lipinski definition) is 17. The number of amides is 4. The smallest absolute Gasteiger partial charge is 0.747 e. The number of rotatable bonds is 13. The van der Waals surface area contributed by atoms with Crippen LogP contribution in [0.25, 0.3) is 0 Å². The van der Waals surface area contributed by atoms with E-state index in [2.05, 4.69) is 14.2 Å². The monoisotopic (exact) mass is 608 g/mol. The molecule has 2 fully saturated rings. The molecule has 2 aliphatic rings. The summed E-state index contributed by atoms with van der Waals surface area (Å²) in [5, 5.41) is 9.87. The number of carbonyl (C=O) groups is 6. The molecule has 2 rings (SSSR count). The summed E-state index contributed by atoms with van der Waals surface area (Å²) >= 11 is 0.303. The van der Waals surface area contributed by atoms with Crippen LogP contribution < -0.4 is 64.4 Å². The molecular weight excluding hydrogens is 594 g/mol. The molecule has 16 nitrogen and oxygen atoms in total. The van der Waals surface area contributed by atoms with E-state index in [0.29, 0.717) is 12.0 Å². The fourth-order valence-corrected chi connectivity index (χ4v) is 5.53. The van der Waals surface area contributed by atoms with Crippen LogP contribution in [0.2, 0.25) is 0 Å². The van der Waals surface area contributed by atoms with E-state index in [9.17, 15) is 47.0 Å². The van der Waals surface area contributed by atoms with Crippen molar-refractivity contribution in [3.63, 3.8) is 0 Å². The molecular formula is C14H14N2Na2O14S4. The van der Waals surface area contributed by atoms with Crippen LogP contribution >= 0.6 is 33.6 Å². The van der Waals surface area contributed by atoms with E-state index in [0.717, 1.165) is 21.6 Å². The zero-order chi connectivity index (χ0) is 25.5. The number of hydrogen-bond donors (Lipinski definition) is 0. The fourth-order valence-electron chi connectivity index (χ4n) is 2.38. The van der Waals surface area contributed by atoms with Crippen molar-refractivity contribution in [3.8, 4) is 0 Å². The molecule has 22 heteroatoms. The maximum atomic E-state index is 11.9. The Labute approximate surface area is 259 Å². The minimum Gasteiger partial charge on any atom is -0.747 e. The topological polar surface area (TPSA) is 226 Å². The summed E-state index contributed by atoms with van der Waals surface area (Å²) in [5.74, 6) is -5.91. The largest absolute Gasteiger partial charge is 1.00 e. The zero-order valence-corrected chi connectivity index (χ0v) is 25.9. The van der Waals surface area contributed by atoms with Crippen molar-refractivity contribution in [2.24, 2.45) is 0 Å². The third-order valence-electron chi connectivity index (χ3n) is 3.90. The standard InChI is InChI=1S/C14H16N2O14S4.2Na/c17-9-5-7(33-30-29-23)13(21)15(9)27-11(19)1-3-31-32-4-2-12(20)28-16-10(18)6-8(14(16)22)34(24,25)26;;/h7-8,23H,1-6H2,(H,24,25,26);;/q;2*+1/p-2. The number of imide groups is 2. The SMILES string of the molecule is O=C(CCSSCCC(=O)ON1C(=O)CC(S(=O)(=O)[O-])C1=O)ON1C(=O)CC(SOO[O-])C1=O.[Na+].[Na+]. The van der Waals surface area contributed by atoms with Crippen LogP contribution in [0.1, 0.15) is 25.7 Å². The van der Waals surface area contributed by atoms with Gasteiger partial charge in [-0.25, -0.2) is 18.0 Å². The molecule has 190 valence electrons. The molecule has 0 aromatic rings. The van der Waals surface area contributed by atoms with Gasteiger partial charge in [-0.2, -0.15) is 4.33 Å². The Kier molecular flexibility index (Phi) is 16.9. The van der Waals surface area contributed by atoms with Crippen LogP contribution in [-0.2, 0) is 57.9 Å². The Hall–Kier alpha value is 0.0600. The summed E-state index contributed by atoms with van der Waals surface area (Å²) in [5.41, 5.74) is 0. The molecule has 0 aromatic carbocycles. The van der Waals surface area contributed by atoms with Gasteiger partial charge in [0.15, 0.2) is 0 Å². The van der Waals surface area contributed by atoms with Crippen molar-refractivity contribution in [3.05, 3.63) is 0 Å². The number of nitrogens with zero attached hydrogens (tertiary/aromatic N) is 2. The van der Waals surface area contributed by atoms with E-state index >= 15 is 0 Å². The van der Waals surface area contributed by atoms with Crippen molar-refractivity contribution < 1.29 is 125 Å². The van der Waals surface area contributed by atoms with Crippen molar-refractivity contribution in [2.45, 2.75) is 36.2 Å². The molecule has 2 saturated heterocycles. The molecule has 2 unspecified atom stereocenters. The first-order valence-electron chi connectivity index (χ1n) is 8.92. The van der Waals surface area contributed by atoms with Crippen LogP contribution in [-0.4, -0.2) is 80.7 Å². The average Bonchev–Trinajstić information content (AvgIpc) is 3.19. The first-order valence-corrected chi connectivity index (χ1v) is 13.7. The van der Waals surface area contributed by atoms with Gasteiger partial charge in [0, 0.05) is 23.5 Å². The van der Waals surface area contributed by atoms with Gasteiger partial charge in [-0.05, 0) is 0 Å². The summed E-state index contributed by atoms with van der Waals surface area (Å²) in [6, 6.07) is 0. The van der Waals surface area contributed by atoms with Crippen LogP contribution in [0.4, 0.5) is 0 Å². The second-order valence-corrected chi connectivity index (χ2v) is 11.4. The van der Waals surface area contributed by atoms with Gasteiger partial charge < -0.3 is 19.5 Å². The quantitative estimate of drug-likeness (QED) is 0.0276. The molecule has 0 aliphatic carbocycles. The Morgan fingerprint density at radius 3 is 1.81 bits per heavy atom. The minimum absolute atomic E-state index is 0. The predicted octanol–water partition coefficient (Wildman–Crippen LogP) is -8.26. The van der Waals surface area contributed by atoms with Gasteiger partial charge in [-0.1, -0.05) is 21.6 Å². The Balaban J connectivity index is 0.00000612. The zero-order valence-electron chi connectivity index (χ0n) is 18.6. The van der Waals surface area contributed by atoms with Crippen molar-refractivity contribution in [1.29, 1.82) is 0 Å². The van der Waals surface area contributed by atoms with E-state index < -0.39 is 62.6 Å². The molecule has 0 radical (unpaired) electrons. The van der Waals surface area contributed by atoms with Gasteiger partial charge in [0.25, 0.3) is 23.6 Å². The molecule has 0 N–H and O–H groups in total. The molecule has 36 heavy (non-hydrogen) atoms. The van der Waals surface area contributed by atoms with E-state index in [1.165, 1.54) is 0 Å². The summed E-state index contributed by atoms with van der Waals surface area (Å²) in [7, 11) is -2.85. The Morgan fingerprint density at radius 2 is 1.36 bits per heavy atom. The fraction of sp³-hybridized carbons (Fsp3) is 0.571. The molecule has 2 atom stereocenters. The predicted molar refractivity (Wildman–Crippen MR) is 106 cm³/mol. The van der Waals surface area contributed by atoms with Gasteiger partial charge >= 0.3 is 71.1 Å². The summed E-state index contributed by atoms with van der Waals surface area (Å²) in [6.45, 7) is 0. The molecule has 4 amide bonds. The van der Waals surface area contributed by atoms with E-state index in [1.54, 1.807) is 0 Å². The van der Waals surface area contributed by atoms with Crippen LogP contribution in [0.5, 0.6) is 0 Å². The number of hydroxylamine groups is 4. The molecule has 0 saturated carbocycles. The van der Waals surface area contributed by atoms with Gasteiger partial charge in [0.1, 0.15) is 20.6 Å². The van der Waals surface area contributed by atoms with Crippen LogP contribution in [0.15, 0.2) is 0 Å². The van der Waals surface area contributed by atoms with Crippen molar-refractivity contribution in [2.75, 3.05) is 11.5 Å². The minimum atomic E-state index is -5.07. The molecule has 2 heterocycles. The summed E-state index contributed by atoms with van der Waals surface area (Å²) < 4.78 is 36.8. The van der Waals surface area contributed by atoms with E-state index in [-0.39, 0.29) is 100 Å². The average molecular weight is 609 g/mol. The number of carbonyl (C=O) groups excluding carboxylic acids is 6. The van der Waals surface area contributed by atoms with E-state index in [1.807, 2.05) is 0 Å². The summed E-state index contributed by atoms with van der Waals surface area (Å²) in [6.07, 6.45) is -1.77. The van der Waals surface area contributed by atoms with Gasteiger partial charge in [-0.3, -0.25) is 24.2 Å².